The summed E-state index contributed by atoms with van der Waals surface area (Å²) in [6, 6.07) is 5.88. The van der Waals surface area contributed by atoms with Crippen LogP contribution in [-0.4, -0.2) is 5.97 Å². The molecule has 1 aromatic rings. The van der Waals surface area contributed by atoms with E-state index in [-0.39, 0.29) is 5.70 Å². The van der Waals surface area contributed by atoms with Gasteiger partial charge in [-0.3, -0.25) is 0 Å². The highest BCUT2D eigenvalue weighted by molar-refractivity contribution is 5.95. The lowest BCUT2D eigenvalue weighted by molar-refractivity contribution is -0.140. The van der Waals surface area contributed by atoms with Crippen LogP contribution in [0, 0.1) is 19.4 Å². The lowest BCUT2D eigenvalue weighted by Gasteiger charge is -2.18. The Morgan fingerprint density at radius 2 is 2.17 bits per heavy atom. The standard InChI is InChI=1S/C12H14N4O2/c1-7-4-5-8(2)10(6-7)16-11(9(3)14-13)12(17)18-15-16/h4-6,13,15H,1-3H3/b11-9+,14-13?. The normalized spacial score (nSPS) is 17.7. The summed E-state index contributed by atoms with van der Waals surface area (Å²) in [6.45, 7) is 5.49. The van der Waals surface area contributed by atoms with E-state index in [1.807, 2.05) is 32.0 Å². The van der Waals surface area contributed by atoms with Crippen LogP contribution in [0.5, 0.6) is 0 Å². The molecule has 0 aromatic heterocycles. The molecular weight excluding hydrogens is 232 g/mol. The van der Waals surface area contributed by atoms with E-state index >= 15 is 0 Å². The van der Waals surface area contributed by atoms with Crippen molar-refractivity contribution in [3.63, 3.8) is 0 Å². The maximum atomic E-state index is 11.6. The van der Waals surface area contributed by atoms with Crippen molar-refractivity contribution in [2.75, 3.05) is 5.01 Å². The minimum absolute atomic E-state index is 0.235. The Balaban J connectivity index is 2.54. The molecule has 0 radical (unpaired) electrons. The minimum Gasteiger partial charge on any atom is -0.345 e. The molecule has 0 unspecified atom stereocenters. The summed E-state index contributed by atoms with van der Waals surface area (Å²) < 4.78 is 0. The number of carbonyl (C=O) groups excluding carboxylic acids is 1. The topological polar surface area (TPSA) is 77.8 Å². The van der Waals surface area contributed by atoms with Gasteiger partial charge in [0.1, 0.15) is 0 Å². The predicted molar refractivity (Wildman–Crippen MR) is 65.5 cm³/mol. The first-order valence-corrected chi connectivity index (χ1v) is 5.47. The minimum atomic E-state index is -0.538. The van der Waals surface area contributed by atoms with E-state index in [1.54, 1.807) is 6.92 Å². The van der Waals surface area contributed by atoms with Crippen molar-refractivity contribution in [3.05, 3.63) is 40.7 Å². The van der Waals surface area contributed by atoms with E-state index in [2.05, 4.69) is 10.7 Å². The van der Waals surface area contributed by atoms with Gasteiger partial charge >= 0.3 is 5.97 Å². The van der Waals surface area contributed by atoms with Gasteiger partial charge < -0.3 is 4.84 Å². The summed E-state index contributed by atoms with van der Waals surface area (Å²) in [4.78, 5) is 16.4. The maximum absolute atomic E-state index is 11.6. The van der Waals surface area contributed by atoms with Crippen molar-refractivity contribution in [1.29, 1.82) is 5.53 Å². The van der Waals surface area contributed by atoms with Crippen molar-refractivity contribution in [2.24, 2.45) is 5.11 Å². The highest BCUT2D eigenvalue weighted by Gasteiger charge is 2.32. The number of hydrazine groups is 1. The van der Waals surface area contributed by atoms with Crippen molar-refractivity contribution in [3.8, 4) is 0 Å². The lowest BCUT2D eigenvalue weighted by atomic mass is 10.1. The van der Waals surface area contributed by atoms with Crippen LogP contribution in [0.2, 0.25) is 0 Å². The molecule has 0 amide bonds. The van der Waals surface area contributed by atoms with Gasteiger partial charge in [-0.15, -0.1) is 0 Å². The third-order valence-corrected chi connectivity index (χ3v) is 2.76. The Hall–Kier alpha value is -2.21. The Morgan fingerprint density at radius 3 is 2.83 bits per heavy atom. The van der Waals surface area contributed by atoms with E-state index in [0.29, 0.717) is 5.70 Å². The first-order chi connectivity index (χ1) is 8.54. The molecule has 0 spiro atoms. The summed E-state index contributed by atoms with van der Waals surface area (Å²) in [6.07, 6.45) is 0. The summed E-state index contributed by atoms with van der Waals surface area (Å²) >= 11 is 0. The van der Waals surface area contributed by atoms with Gasteiger partial charge in [-0.25, -0.2) is 15.3 Å². The van der Waals surface area contributed by atoms with E-state index in [4.69, 9.17) is 10.4 Å². The fraction of sp³-hybridized carbons (Fsp3) is 0.250. The molecule has 0 aliphatic carbocycles. The van der Waals surface area contributed by atoms with Crippen molar-refractivity contribution < 1.29 is 9.63 Å². The zero-order chi connectivity index (χ0) is 13.3. The van der Waals surface area contributed by atoms with Gasteiger partial charge in [-0.1, -0.05) is 17.7 Å². The third-order valence-electron chi connectivity index (χ3n) is 2.76. The second-order valence-electron chi connectivity index (χ2n) is 4.15. The summed E-state index contributed by atoms with van der Waals surface area (Å²) in [5, 5.41) is 4.81. The molecule has 2 rings (SSSR count). The maximum Gasteiger partial charge on any atom is 0.378 e. The zero-order valence-electron chi connectivity index (χ0n) is 10.4. The second kappa shape index (κ2) is 4.58. The van der Waals surface area contributed by atoms with Crippen LogP contribution in [0.1, 0.15) is 18.1 Å². The number of benzene rings is 1. The predicted octanol–water partition coefficient (Wildman–Crippen LogP) is 2.35. The fourth-order valence-corrected chi connectivity index (χ4v) is 1.76. The Labute approximate surface area is 105 Å². The van der Waals surface area contributed by atoms with Crippen LogP contribution >= 0.6 is 0 Å². The zero-order valence-corrected chi connectivity index (χ0v) is 10.4. The van der Waals surface area contributed by atoms with Crippen molar-refractivity contribution in [1.82, 2.24) is 5.59 Å². The Bertz CT molecular complexity index is 551. The van der Waals surface area contributed by atoms with Crippen LogP contribution in [0.15, 0.2) is 34.7 Å². The highest BCUT2D eigenvalue weighted by Crippen LogP contribution is 2.28. The summed E-state index contributed by atoms with van der Waals surface area (Å²) in [7, 11) is 0. The van der Waals surface area contributed by atoms with E-state index in [1.165, 1.54) is 5.01 Å². The molecule has 1 aromatic carbocycles. The Morgan fingerprint density at radius 1 is 1.44 bits per heavy atom. The van der Waals surface area contributed by atoms with Crippen LogP contribution in [0.3, 0.4) is 0 Å². The van der Waals surface area contributed by atoms with Gasteiger partial charge in [0.25, 0.3) is 0 Å². The monoisotopic (exact) mass is 246 g/mol. The number of hydrogen-bond acceptors (Lipinski definition) is 6. The smallest absolute Gasteiger partial charge is 0.345 e. The molecule has 6 heteroatoms. The number of hydrogen-bond donors (Lipinski definition) is 2. The number of carbonyl (C=O) groups is 1. The molecule has 0 saturated carbocycles. The summed E-state index contributed by atoms with van der Waals surface area (Å²) in [5.41, 5.74) is 12.9. The van der Waals surface area contributed by atoms with Gasteiger partial charge in [0.2, 0.25) is 0 Å². The number of allylic oxidation sites excluding steroid dienone is 1. The third kappa shape index (κ3) is 1.98. The molecule has 18 heavy (non-hydrogen) atoms. The molecule has 6 nitrogen and oxygen atoms in total. The van der Waals surface area contributed by atoms with E-state index in [0.717, 1.165) is 16.8 Å². The van der Waals surface area contributed by atoms with Gasteiger partial charge in [-0.05, 0) is 38.0 Å². The molecule has 0 atom stereocenters. The van der Waals surface area contributed by atoms with Crippen molar-refractivity contribution >= 4 is 11.7 Å². The average molecular weight is 246 g/mol. The molecule has 1 saturated heterocycles. The van der Waals surface area contributed by atoms with Crippen LogP contribution in [0.25, 0.3) is 0 Å². The number of nitrogens with zero attached hydrogens (tertiary/aromatic N) is 2. The first kappa shape index (κ1) is 12.3. The van der Waals surface area contributed by atoms with Gasteiger partial charge in [0.15, 0.2) is 5.70 Å². The number of aryl methyl sites for hydroxylation is 2. The van der Waals surface area contributed by atoms with Crippen LogP contribution in [0.4, 0.5) is 5.69 Å². The largest absolute Gasteiger partial charge is 0.378 e. The molecule has 94 valence electrons. The lowest BCUT2D eigenvalue weighted by Crippen LogP contribution is -2.29. The van der Waals surface area contributed by atoms with E-state index < -0.39 is 5.97 Å². The molecule has 1 aliphatic rings. The first-order valence-electron chi connectivity index (χ1n) is 5.47. The number of anilines is 1. The molecule has 1 fully saturated rings. The molecule has 2 N–H and O–H groups in total. The summed E-state index contributed by atoms with van der Waals surface area (Å²) in [5.74, 6) is -0.538. The molecule has 1 heterocycles. The number of nitrogens with one attached hydrogen (secondary N) is 2. The van der Waals surface area contributed by atoms with Crippen LogP contribution < -0.4 is 10.6 Å². The quantitative estimate of drug-likeness (QED) is 0.620. The van der Waals surface area contributed by atoms with E-state index in [9.17, 15) is 4.79 Å². The molecular formula is C12H14N4O2. The second-order valence-corrected chi connectivity index (χ2v) is 4.15. The van der Waals surface area contributed by atoms with Gasteiger partial charge in [0, 0.05) is 0 Å². The van der Waals surface area contributed by atoms with Crippen molar-refractivity contribution in [2.45, 2.75) is 20.8 Å². The van der Waals surface area contributed by atoms with Gasteiger partial charge in [-0.2, -0.15) is 5.11 Å². The molecule has 1 aliphatic heterocycles. The Kier molecular flexibility index (Phi) is 3.12. The number of rotatable bonds is 2. The van der Waals surface area contributed by atoms with Crippen LogP contribution in [-0.2, 0) is 9.63 Å². The average Bonchev–Trinajstić information content (AvgIpc) is 2.73. The molecule has 0 bridgehead atoms. The fourth-order valence-electron chi connectivity index (χ4n) is 1.76. The highest BCUT2D eigenvalue weighted by atomic mass is 16.7. The van der Waals surface area contributed by atoms with Gasteiger partial charge in [0.05, 0.1) is 11.4 Å². The SMILES string of the molecule is C/C(N=N)=C1/C(=O)ONN1c1cc(C)ccc1C.